The zero-order chi connectivity index (χ0) is 26.6. The second kappa shape index (κ2) is 11.7. The number of anilines is 1. The molecule has 1 amide bonds. The van der Waals surface area contributed by atoms with Gasteiger partial charge in [-0.25, -0.2) is 4.99 Å². The number of nitrogens with zero attached hydrogens (tertiary/aromatic N) is 2. The summed E-state index contributed by atoms with van der Waals surface area (Å²) in [6, 6.07) is 27.8. The van der Waals surface area contributed by atoms with E-state index >= 15 is 0 Å². The van der Waals surface area contributed by atoms with Gasteiger partial charge in [0.05, 0.1) is 21.3 Å². The molecule has 1 heterocycles. The van der Waals surface area contributed by atoms with E-state index < -0.39 is 0 Å². The van der Waals surface area contributed by atoms with Gasteiger partial charge in [0, 0.05) is 10.0 Å². The van der Waals surface area contributed by atoms with Gasteiger partial charge in [-0.15, -0.1) is 0 Å². The third kappa shape index (κ3) is 6.25. The van der Waals surface area contributed by atoms with Crippen molar-refractivity contribution in [3.8, 4) is 5.75 Å². The summed E-state index contributed by atoms with van der Waals surface area (Å²) in [7, 11) is 0. The molecule has 0 aliphatic carbocycles. The Hall–Kier alpha value is -3.22. The van der Waals surface area contributed by atoms with Gasteiger partial charge in [0.2, 0.25) is 0 Å². The maximum absolute atomic E-state index is 13.5. The highest BCUT2D eigenvalue weighted by Crippen LogP contribution is 2.38. The van der Waals surface area contributed by atoms with Crippen LogP contribution in [0, 0.1) is 6.92 Å². The second-order valence-electron chi connectivity index (χ2n) is 8.56. The van der Waals surface area contributed by atoms with Gasteiger partial charge in [-0.2, -0.15) is 0 Å². The number of hydrogen-bond donors (Lipinski definition) is 0. The average Bonchev–Trinajstić information content (AvgIpc) is 3.20. The average molecular weight is 580 g/mol. The summed E-state index contributed by atoms with van der Waals surface area (Å²) in [5.41, 5.74) is 4.38. The van der Waals surface area contributed by atoms with Crippen LogP contribution >= 0.6 is 46.6 Å². The van der Waals surface area contributed by atoms with Crippen LogP contribution in [0.5, 0.6) is 5.75 Å². The van der Waals surface area contributed by atoms with E-state index in [2.05, 4.69) is 0 Å². The summed E-state index contributed by atoms with van der Waals surface area (Å²) >= 11 is 19.9. The first-order valence-electron chi connectivity index (χ1n) is 11.7. The molecule has 1 aliphatic rings. The molecule has 190 valence electrons. The Morgan fingerprint density at radius 3 is 2.18 bits per heavy atom. The molecular formula is C30H21Cl3N2O2S. The molecule has 5 rings (SSSR count). The number of amides is 1. The summed E-state index contributed by atoms with van der Waals surface area (Å²) in [5, 5.41) is 2.18. The third-order valence-electron chi connectivity index (χ3n) is 5.71. The van der Waals surface area contributed by atoms with E-state index in [4.69, 9.17) is 44.5 Å². The van der Waals surface area contributed by atoms with E-state index in [1.165, 1.54) is 17.3 Å². The first-order chi connectivity index (χ1) is 18.4. The lowest BCUT2D eigenvalue weighted by Gasteiger charge is -2.15. The highest BCUT2D eigenvalue weighted by atomic mass is 35.5. The van der Waals surface area contributed by atoms with E-state index in [0.29, 0.717) is 48.9 Å². The monoisotopic (exact) mass is 578 g/mol. The quantitative estimate of drug-likeness (QED) is 0.214. The van der Waals surface area contributed by atoms with Gasteiger partial charge >= 0.3 is 0 Å². The number of ether oxygens (including phenoxy) is 1. The van der Waals surface area contributed by atoms with E-state index in [9.17, 15) is 4.79 Å². The zero-order valence-electron chi connectivity index (χ0n) is 20.2. The van der Waals surface area contributed by atoms with Crippen molar-refractivity contribution < 1.29 is 9.53 Å². The topological polar surface area (TPSA) is 41.9 Å². The Labute approximate surface area is 240 Å². The van der Waals surface area contributed by atoms with Crippen LogP contribution in [-0.2, 0) is 11.4 Å². The minimum absolute atomic E-state index is 0.194. The molecule has 4 aromatic rings. The number of halogens is 3. The van der Waals surface area contributed by atoms with E-state index in [0.717, 1.165) is 11.1 Å². The smallest absolute Gasteiger partial charge is 0.271 e. The Bertz CT molecular complexity index is 1530. The second-order valence-corrected chi connectivity index (χ2v) is 10.9. The van der Waals surface area contributed by atoms with Crippen LogP contribution in [0.4, 0.5) is 11.4 Å². The first kappa shape index (κ1) is 26.4. The van der Waals surface area contributed by atoms with Crippen molar-refractivity contribution in [2.45, 2.75) is 13.5 Å². The molecule has 0 bridgehead atoms. The maximum atomic E-state index is 13.5. The summed E-state index contributed by atoms with van der Waals surface area (Å²) in [4.78, 5) is 20.3. The molecule has 4 nitrogen and oxygen atoms in total. The Morgan fingerprint density at radius 1 is 0.868 bits per heavy atom. The van der Waals surface area contributed by atoms with Gasteiger partial charge in [0.1, 0.15) is 12.4 Å². The first-order valence-corrected chi connectivity index (χ1v) is 13.6. The lowest BCUT2D eigenvalue weighted by Crippen LogP contribution is -2.28. The fourth-order valence-corrected chi connectivity index (χ4v) is 5.21. The normalized spacial score (nSPS) is 15.5. The number of aliphatic imine (C=N–C) groups is 1. The van der Waals surface area contributed by atoms with Crippen LogP contribution < -0.4 is 9.64 Å². The van der Waals surface area contributed by atoms with Crippen LogP contribution in [0.3, 0.4) is 0 Å². The standard InChI is InChI=1S/C30H21Cl3N2O2S/c1-19-2-4-20(5-3-19)18-37-27-15-6-21(16-26(27)33)17-28-29(36)35(25-13-9-23(32)10-14-25)30(38-28)34-24-11-7-22(31)8-12-24/h2-17H,18H2,1H3/b28-17-,34-30?. The van der Waals surface area contributed by atoms with Gasteiger partial charge < -0.3 is 4.74 Å². The van der Waals surface area contributed by atoms with Gasteiger partial charge in [-0.1, -0.05) is 70.7 Å². The molecule has 0 saturated carbocycles. The van der Waals surface area contributed by atoms with Crippen LogP contribution in [0.15, 0.2) is 101 Å². The number of thioether (sulfide) groups is 1. The Morgan fingerprint density at radius 2 is 1.53 bits per heavy atom. The van der Waals surface area contributed by atoms with Crippen molar-refractivity contribution in [2.75, 3.05) is 4.90 Å². The van der Waals surface area contributed by atoms with Crippen LogP contribution in [-0.4, -0.2) is 11.1 Å². The molecule has 0 N–H and O–H groups in total. The molecule has 0 unspecified atom stereocenters. The van der Waals surface area contributed by atoms with Gasteiger partial charge in [-0.05, 0) is 96.6 Å². The van der Waals surface area contributed by atoms with Gasteiger partial charge in [-0.3, -0.25) is 9.69 Å². The molecule has 38 heavy (non-hydrogen) atoms. The largest absolute Gasteiger partial charge is 0.487 e. The van der Waals surface area contributed by atoms with Crippen molar-refractivity contribution in [3.05, 3.63) is 128 Å². The van der Waals surface area contributed by atoms with E-state index in [-0.39, 0.29) is 5.91 Å². The molecule has 0 atom stereocenters. The minimum Gasteiger partial charge on any atom is -0.487 e. The maximum Gasteiger partial charge on any atom is 0.271 e. The summed E-state index contributed by atoms with van der Waals surface area (Å²) in [5.74, 6) is 0.383. The van der Waals surface area contributed by atoms with Crippen LogP contribution in [0.2, 0.25) is 15.1 Å². The van der Waals surface area contributed by atoms with Gasteiger partial charge in [0.25, 0.3) is 5.91 Å². The van der Waals surface area contributed by atoms with E-state index in [1.807, 2.05) is 43.3 Å². The van der Waals surface area contributed by atoms with Crippen molar-refractivity contribution in [3.63, 3.8) is 0 Å². The van der Waals surface area contributed by atoms with Gasteiger partial charge in [0.15, 0.2) is 5.17 Å². The molecule has 1 saturated heterocycles. The Kier molecular flexibility index (Phi) is 8.10. The molecule has 0 radical (unpaired) electrons. The summed E-state index contributed by atoms with van der Waals surface area (Å²) in [6.07, 6.45) is 1.80. The van der Waals surface area contributed by atoms with E-state index in [1.54, 1.807) is 65.6 Å². The van der Waals surface area contributed by atoms with Crippen molar-refractivity contribution in [2.24, 2.45) is 4.99 Å². The number of aryl methyl sites for hydroxylation is 1. The zero-order valence-corrected chi connectivity index (χ0v) is 23.3. The lowest BCUT2D eigenvalue weighted by molar-refractivity contribution is -0.113. The number of carbonyl (C=O) groups excluding carboxylic acids is 1. The molecule has 4 aromatic carbocycles. The molecule has 0 spiro atoms. The number of amidine groups is 1. The highest BCUT2D eigenvalue weighted by molar-refractivity contribution is 8.19. The van der Waals surface area contributed by atoms with Crippen molar-refractivity contribution in [1.82, 2.24) is 0 Å². The molecule has 1 aliphatic heterocycles. The number of carbonyl (C=O) groups is 1. The van der Waals surface area contributed by atoms with Crippen molar-refractivity contribution >= 4 is 75.1 Å². The predicted octanol–water partition coefficient (Wildman–Crippen LogP) is 9.34. The van der Waals surface area contributed by atoms with Crippen molar-refractivity contribution in [1.29, 1.82) is 0 Å². The molecule has 8 heteroatoms. The predicted molar refractivity (Wildman–Crippen MR) is 160 cm³/mol. The lowest BCUT2D eigenvalue weighted by atomic mass is 10.1. The molecule has 1 fully saturated rings. The third-order valence-corrected chi connectivity index (χ3v) is 7.48. The fourth-order valence-electron chi connectivity index (χ4n) is 3.71. The van der Waals surface area contributed by atoms with Crippen LogP contribution in [0.1, 0.15) is 16.7 Å². The fraction of sp³-hybridized carbons (Fsp3) is 0.0667. The summed E-state index contributed by atoms with van der Waals surface area (Å²) in [6.45, 7) is 2.46. The number of hydrogen-bond acceptors (Lipinski definition) is 4. The SMILES string of the molecule is Cc1ccc(COc2ccc(/C=C3\SC(=Nc4ccc(Cl)cc4)N(c4ccc(Cl)cc4)C3=O)cc2Cl)cc1. The molecule has 0 aromatic heterocycles. The number of benzene rings is 4. The number of rotatable bonds is 6. The van der Waals surface area contributed by atoms with Crippen LogP contribution in [0.25, 0.3) is 6.08 Å². The molecular weight excluding hydrogens is 559 g/mol. The minimum atomic E-state index is -0.194. The summed E-state index contributed by atoms with van der Waals surface area (Å²) < 4.78 is 5.91. The highest BCUT2D eigenvalue weighted by Gasteiger charge is 2.34. The Balaban J connectivity index is 1.41.